The Hall–Kier alpha value is -1.08. The van der Waals surface area contributed by atoms with Crippen LogP contribution in [0.4, 0.5) is 4.79 Å². The second-order valence-electron chi connectivity index (χ2n) is 11.2. The first-order chi connectivity index (χ1) is 18.9. The minimum absolute atomic E-state index is 0.0514. The van der Waals surface area contributed by atoms with Gasteiger partial charge in [-0.2, -0.15) is 0 Å². The predicted octanol–water partition coefficient (Wildman–Crippen LogP) is 8.66. The highest BCUT2D eigenvalue weighted by Gasteiger charge is 2.16. The fraction of sp³-hybridized carbons (Fsp3) is 0.906. The van der Waals surface area contributed by atoms with Gasteiger partial charge in [-0.05, 0) is 65.5 Å². The Bertz CT molecular complexity index is 575. The van der Waals surface area contributed by atoms with Crippen molar-refractivity contribution in [1.82, 2.24) is 9.80 Å². The smallest absolute Gasteiger partial charge is 0.306 e. The summed E-state index contributed by atoms with van der Waals surface area (Å²) in [5, 5.41) is 0.146. The molecule has 0 N–H and O–H groups in total. The first kappa shape index (κ1) is 37.9. The van der Waals surface area contributed by atoms with Crippen LogP contribution in [-0.2, 0) is 14.3 Å². The van der Waals surface area contributed by atoms with Gasteiger partial charge in [0, 0.05) is 38.2 Å². The van der Waals surface area contributed by atoms with Crippen molar-refractivity contribution in [2.24, 2.45) is 0 Å². The number of carbonyl (C=O) groups is 3. The highest BCUT2D eigenvalue weighted by Crippen LogP contribution is 2.18. The molecule has 0 aliphatic carbocycles. The predicted molar refractivity (Wildman–Crippen MR) is 168 cm³/mol. The van der Waals surface area contributed by atoms with Gasteiger partial charge in [0.2, 0.25) is 0 Å². The van der Waals surface area contributed by atoms with E-state index in [-0.39, 0.29) is 17.3 Å². The Balaban J connectivity index is 4.44. The van der Waals surface area contributed by atoms with Gasteiger partial charge in [0.25, 0.3) is 5.24 Å². The molecular weight excluding hydrogens is 508 g/mol. The van der Waals surface area contributed by atoms with Crippen LogP contribution in [0.2, 0.25) is 0 Å². The van der Waals surface area contributed by atoms with E-state index < -0.39 is 0 Å². The summed E-state index contributed by atoms with van der Waals surface area (Å²) in [4.78, 5) is 40.0. The van der Waals surface area contributed by atoms with Gasteiger partial charge >= 0.3 is 5.97 Å². The number of unbranched alkanes of at least 4 members (excludes halogenated alkanes) is 13. The lowest BCUT2D eigenvalue weighted by Crippen LogP contribution is -2.30. The quantitative estimate of drug-likeness (QED) is 0.0533. The van der Waals surface area contributed by atoms with E-state index >= 15 is 0 Å². The van der Waals surface area contributed by atoms with Gasteiger partial charge < -0.3 is 19.3 Å². The first-order valence-corrected chi connectivity index (χ1v) is 17.1. The third-order valence-electron chi connectivity index (χ3n) is 7.14. The fourth-order valence-corrected chi connectivity index (χ4v) is 5.61. The van der Waals surface area contributed by atoms with E-state index in [4.69, 9.17) is 4.74 Å². The Morgan fingerprint density at radius 1 is 0.718 bits per heavy atom. The average molecular weight is 571 g/mol. The molecule has 0 unspecified atom stereocenters. The second kappa shape index (κ2) is 28.4. The Kier molecular flexibility index (Phi) is 27.7. The summed E-state index contributed by atoms with van der Waals surface area (Å²) in [6.07, 6.45) is 21.9. The summed E-state index contributed by atoms with van der Waals surface area (Å²) in [5.74, 6) is 0.738. The zero-order valence-electron chi connectivity index (χ0n) is 26.1. The molecule has 0 aromatic heterocycles. The Morgan fingerprint density at radius 2 is 1.26 bits per heavy atom. The number of thioether (sulfide) groups is 1. The highest BCUT2D eigenvalue weighted by molar-refractivity contribution is 8.13. The molecule has 0 spiro atoms. The van der Waals surface area contributed by atoms with Crippen molar-refractivity contribution in [1.29, 1.82) is 0 Å². The molecule has 0 aliphatic rings. The topological polar surface area (TPSA) is 66.9 Å². The van der Waals surface area contributed by atoms with Gasteiger partial charge in [-0.25, -0.2) is 0 Å². The SMILES string of the molecule is CCCCCCCC(CCCCCCC)OC(=O)CCCCCN(CCCCCC=O)C(=O)SCCN(C)C. The maximum atomic E-state index is 12.8. The van der Waals surface area contributed by atoms with E-state index in [1.54, 1.807) is 0 Å². The van der Waals surface area contributed by atoms with E-state index in [2.05, 4.69) is 18.7 Å². The summed E-state index contributed by atoms with van der Waals surface area (Å²) >= 11 is 1.39. The summed E-state index contributed by atoms with van der Waals surface area (Å²) in [7, 11) is 4.04. The molecule has 0 radical (unpaired) electrons. The number of ether oxygens (including phenoxy) is 1. The van der Waals surface area contributed by atoms with Gasteiger partial charge in [-0.15, -0.1) is 0 Å². The zero-order chi connectivity index (χ0) is 29.0. The number of hydrogen-bond donors (Lipinski definition) is 0. The van der Waals surface area contributed by atoms with Crippen molar-refractivity contribution >= 4 is 29.3 Å². The van der Waals surface area contributed by atoms with Crippen LogP contribution in [0.15, 0.2) is 0 Å². The van der Waals surface area contributed by atoms with Crippen molar-refractivity contribution in [3.05, 3.63) is 0 Å². The summed E-state index contributed by atoms with van der Waals surface area (Å²) in [6, 6.07) is 0. The van der Waals surface area contributed by atoms with E-state index in [0.29, 0.717) is 12.8 Å². The highest BCUT2D eigenvalue weighted by atomic mass is 32.2. The van der Waals surface area contributed by atoms with Gasteiger partial charge in [-0.3, -0.25) is 9.59 Å². The summed E-state index contributed by atoms with van der Waals surface area (Å²) in [5.41, 5.74) is 0. The largest absolute Gasteiger partial charge is 0.462 e. The van der Waals surface area contributed by atoms with Gasteiger partial charge in [0.15, 0.2) is 0 Å². The maximum absolute atomic E-state index is 12.8. The van der Waals surface area contributed by atoms with E-state index in [1.807, 2.05) is 19.0 Å². The normalized spacial score (nSPS) is 11.3. The van der Waals surface area contributed by atoms with Crippen LogP contribution in [0, 0.1) is 0 Å². The molecular formula is C32H62N2O4S. The molecule has 6 nitrogen and oxygen atoms in total. The number of carbonyl (C=O) groups excluding carboxylic acids is 3. The van der Waals surface area contributed by atoms with Crippen molar-refractivity contribution in [3.8, 4) is 0 Å². The molecule has 0 aromatic rings. The van der Waals surface area contributed by atoms with Crippen LogP contribution in [0.25, 0.3) is 0 Å². The number of rotatable bonds is 28. The molecule has 0 rings (SSSR count). The molecule has 0 atom stereocenters. The van der Waals surface area contributed by atoms with Crippen LogP contribution in [0.1, 0.15) is 142 Å². The molecule has 0 aromatic carbocycles. The molecule has 39 heavy (non-hydrogen) atoms. The number of nitrogens with zero attached hydrogens (tertiary/aromatic N) is 2. The third-order valence-corrected chi connectivity index (χ3v) is 8.03. The van der Waals surface area contributed by atoms with Gasteiger partial charge in [0.1, 0.15) is 12.4 Å². The third kappa shape index (κ3) is 25.6. The van der Waals surface area contributed by atoms with Crippen LogP contribution in [0.3, 0.4) is 0 Å². The average Bonchev–Trinajstić information content (AvgIpc) is 2.90. The minimum Gasteiger partial charge on any atom is -0.462 e. The van der Waals surface area contributed by atoms with Crippen LogP contribution < -0.4 is 0 Å². The molecule has 0 fully saturated rings. The minimum atomic E-state index is -0.0514. The van der Waals surface area contributed by atoms with E-state index in [0.717, 1.165) is 95.9 Å². The number of hydrogen-bond acceptors (Lipinski definition) is 6. The van der Waals surface area contributed by atoms with Gasteiger partial charge in [-0.1, -0.05) is 89.8 Å². The Morgan fingerprint density at radius 3 is 1.79 bits per heavy atom. The van der Waals surface area contributed by atoms with E-state index in [9.17, 15) is 14.4 Å². The molecule has 230 valence electrons. The van der Waals surface area contributed by atoms with Crippen molar-refractivity contribution in [2.45, 2.75) is 148 Å². The second-order valence-corrected chi connectivity index (χ2v) is 12.3. The number of esters is 1. The van der Waals surface area contributed by atoms with Crippen LogP contribution >= 0.6 is 11.8 Å². The molecule has 7 heteroatoms. The lowest BCUT2D eigenvalue weighted by atomic mass is 10.0. The number of aldehydes is 1. The molecule has 0 aliphatic heterocycles. The summed E-state index contributed by atoms with van der Waals surface area (Å²) < 4.78 is 5.94. The molecule has 0 saturated heterocycles. The lowest BCUT2D eigenvalue weighted by molar-refractivity contribution is -0.150. The molecule has 0 bridgehead atoms. The molecule has 0 saturated carbocycles. The summed E-state index contributed by atoms with van der Waals surface area (Å²) in [6.45, 7) is 6.82. The first-order valence-electron chi connectivity index (χ1n) is 16.1. The Labute approximate surface area is 245 Å². The standard InChI is InChI=1S/C32H62N2O4S/c1-5-7-9-11-16-22-30(23-17-12-10-8-6-2)38-31(36)24-18-15-20-26-34(25-19-13-14-21-28-35)32(37)39-29-27-33(3)4/h28,30H,5-27,29H2,1-4H3. The van der Waals surface area contributed by atoms with E-state index in [1.165, 1.54) is 63.1 Å². The lowest BCUT2D eigenvalue weighted by Gasteiger charge is -2.22. The van der Waals surface area contributed by atoms with Crippen molar-refractivity contribution in [3.63, 3.8) is 0 Å². The van der Waals surface area contributed by atoms with Crippen LogP contribution in [0.5, 0.6) is 0 Å². The molecule has 1 amide bonds. The maximum Gasteiger partial charge on any atom is 0.306 e. The fourth-order valence-electron chi connectivity index (χ4n) is 4.62. The molecule has 0 heterocycles. The van der Waals surface area contributed by atoms with Crippen molar-refractivity contribution in [2.75, 3.05) is 39.5 Å². The van der Waals surface area contributed by atoms with Crippen LogP contribution in [-0.4, -0.2) is 72.9 Å². The number of amides is 1. The van der Waals surface area contributed by atoms with Gasteiger partial charge in [0.05, 0.1) is 0 Å². The van der Waals surface area contributed by atoms with Crippen molar-refractivity contribution < 1.29 is 19.1 Å². The zero-order valence-corrected chi connectivity index (χ0v) is 26.9. The monoisotopic (exact) mass is 570 g/mol.